The molecule has 1 aliphatic rings. The Hall–Kier alpha value is -2.70. The SMILES string of the molecule is O=C(Cn1ccnn1)N1CCCC(c2nc3ccccc3o2)C1. The summed E-state index contributed by atoms with van der Waals surface area (Å²) in [6.45, 7) is 1.63. The number of para-hydroxylation sites is 2. The molecule has 23 heavy (non-hydrogen) atoms. The van der Waals surface area contributed by atoms with Crippen molar-refractivity contribution in [2.75, 3.05) is 13.1 Å². The van der Waals surface area contributed by atoms with Gasteiger partial charge in [0.2, 0.25) is 5.91 Å². The van der Waals surface area contributed by atoms with Crippen LogP contribution in [0.1, 0.15) is 24.7 Å². The van der Waals surface area contributed by atoms with E-state index in [2.05, 4.69) is 15.3 Å². The Balaban J connectivity index is 1.49. The minimum absolute atomic E-state index is 0.0521. The second-order valence-electron chi connectivity index (χ2n) is 5.80. The van der Waals surface area contributed by atoms with Crippen LogP contribution >= 0.6 is 0 Å². The number of hydrogen-bond acceptors (Lipinski definition) is 5. The molecule has 1 unspecified atom stereocenters. The van der Waals surface area contributed by atoms with Crippen molar-refractivity contribution in [1.82, 2.24) is 24.9 Å². The summed E-state index contributed by atoms with van der Waals surface area (Å²) in [4.78, 5) is 18.8. The highest BCUT2D eigenvalue weighted by Gasteiger charge is 2.28. The van der Waals surface area contributed by atoms with Gasteiger partial charge in [0.05, 0.1) is 12.1 Å². The summed E-state index contributed by atoms with van der Waals surface area (Å²) in [5, 5.41) is 7.57. The molecule has 2 aromatic heterocycles. The van der Waals surface area contributed by atoms with Gasteiger partial charge in [0, 0.05) is 19.3 Å². The number of aromatic nitrogens is 4. The predicted octanol–water partition coefficient (Wildman–Crippen LogP) is 1.83. The summed E-state index contributed by atoms with van der Waals surface area (Å²) in [7, 11) is 0. The van der Waals surface area contributed by atoms with E-state index < -0.39 is 0 Å². The molecule has 0 saturated carbocycles. The molecule has 1 amide bonds. The number of benzene rings is 1. The van der Waals surface area contributed by atoms with Crippen molar-refractivity contribution >= 4 is 17.0 Å². The molecule has 3 aromatic rings. The average Bonchev–Trinajstić information content (AvgIpc) is 3.24. The molecule has 3 heterocycles. The maximum absolute atomic E-state index is 12.4. The van der Waals surface area contributed by atoms with Crippen LogP contribution in [0.2, 0.25) is 0 Å². The van der Waals surface area contributed by atoms with E-state index in [9.17, 15) is 4.79 Å². The first kappa shape index (κ1) is 13.9. The Kier molecular flexibility index (Phi) is 3.53. The van der Waals surface area contributed by atoms with Crippen molar-refractivity contribution in [3.8, 4) is 0 Å². The van der Waals surface area contributed by atoms with Crippen LogP contribution < -0.4 is 0 Å². The highest BCUT2D eigenvalue weighted by Crippen LogP contribution is 2.29. The third-order valence-corrected chi connectivity index (χ3v) is 4.20. The molecule has 1 aliphatic heterocycles. The molecule has 1 aromatic carbocycles. The van der Waals surface area contributed by atoms with Crippen molar-refractivity contribution in [3.05, 3.63) is 42.5 Å². The van der Waals surface area contributed by atoms with Crippen molar-refractivity contribution in [3.63, 3.8) is 0 Å². The largest absolute Gasteiger partial charge is 0.440 e. The van der Waals surface area contributed by atoms with E-state index >= 15 is 0 Å². The third kappa shape index (κ3) is 2.81. The van der Waals surface area contributed by atoms with Crippen LogP contribution in [0.3, 0.4) is 0 Å². The molecule has 0 N–H and O–H groups in total. The molecule has 0 radical (unpaired) electrons. The second kappa shape index (κ2) is 5.83. The van der Waals surface area contributed by atoms with Crippen LogP contribution in [0.5, 0.6) is 0 Å². The molecule has 118 valence electrons. The van der Waals surface area contributed by atoms with E-state index in [4.69, 9.17) is 4.42 Å². The van der Waals surface area contributed by atoms with E-state index in [1.165, 1.54) is 0 Å². The number of piperidine rings is 1. The minimum Gasteiger partial charge on any atom is -0.440 e. The molecule has 0 spiro atoms. The van der Waals surface area contributed by atoms with Crippen LogP contribution in [0.15, 0.2) is 41.1 Å². The fourth-order valence-electron chi connectivity index (χ4n) is 3.03. The molecular formula is C16H17N5O2. The topological polar surface area (TPSA) is 77.1 Å². The zero-order chi connectivity index (χ0) is 15.6. The summed E-state index contributed by atoms with van der Waals surface area (Å²) in [6.07, 6.45) is 5.21. The van der Waals surface area contributed by atoms with Crippen LogP contribution in [-0.2, 0) is 11.3 Å². The number of likely N-dealkylation sites (tertiary alicyclic amines) is 1. The van der Waals surface area contributed by atoms with Gasteiger partial charge in [-0.1, -0.05) is 17.3 Å². The Labute approximate surface area is 132 Å². The Morgan fingerprint density at radius 2 is 2.26 bits per heavy atom. The zero-order valence-corrected chi connectivity index (χ0v) is 12.6. The van der Waals surface area contributed by atoms with E-state index in [0.29, 0.717) is 6.54 Å². The lowest BCUT2D eigenvalue weighted by molar-refractivity contribution is -0.133. The van der Waals surface area contributed by atoms with Crippen molar-refractivity contribution in [2.45, 2.75) is 25.3 Å². The Morgan fingerprint density at radius 3 is 3.09 bits per heavy atom. The smallest absolute Gasteiger partial charge is 0.244 e. The number of amides is 1. The van der Waals surface area contributed by atoms with Crippen molar-refractivity contribution in [2.24, 2.45) is 0 Å². The number of carbonyl (C=O) groups excluding carboxylic acids is 1. The van der Waals surface area contributed by atoms with Gasteiger partial charge >= 0.3 is 0 Å². The fourth-order valence-corrected chi connectivity index (χ4v) is 3.03. The second-order valence-corrected chi connectivity index (χ2v) is 5.80. The van der Waals surface area contributed by atoms with Crippen LogP contribution in [-0.4, -0.2) is 43.9 Å². The number of nitrogens with zero attached hydrogens (tertiary/aromatic N) is 5. The molecule has 0 aliphatic carbocycles. The molecule has 7 heteroatoms. The third-order valence-electron chi connectivity index (χ3n) is 4.20. The van der Waals surface area contributed by atoms with Gasteiger partial charge in [-0.25, -0.2) is 9.67 Å². The first-order valence-corrected chi connectivity index (χ1v) is 7.77. The number of oxazole rings is 1. The van der Waals surface area contributed by atoms with Gasteiger partial charge in [0.25, 0.3) is 0 Å². The molecular weight excluding hydrogens is 294 g/mol. The van der Waals surface area contributed by atoms with Crippen LogP contribution in [0.4, 0.5) is 0 Å². The highest BCUT2D eigenvalue weighted by atomic mass is 16.3. The zero-order valence-electron chi connectivity index (χ0n) is 12.6. The Bertz CT molecular complexity index is 778. The molecule has 4 rings (SSSR count). The van der Waals surface area contributed by atoms with Crippen LogP contribution in [0, 0.1) is 0 Å². The van der Waals surface area contributed by atoms with E-state index in [0.717, 1.165) is 36.4 Å². The lowest BCUT2D eigenvalue weighted by Crippen LogP contribution is -2.41. The molecule has 1 saturated heterocycles. The monoisotopic (exact) mass is 311 g/mol. The summed E-state index contributed by atoms with van der Waals surface area (Å²) in [6, 6.07) is 7.75. The average molecular weight is 311 g/mol. The number of rotatable bonds is 3. The van der Waals surface area contributed by atoms with Crippen molar-refractivity contribution in [1.29, 1.82) is 0 Å². The summed E-state index contributed by atoms with van der Waals surface area (Å²) in [5.41, 5.74) is 1.67. The summed E-state index contributed by atoms with van der Waals surface area (Å²) in [5.74, 6) is 0.927. The Morgan fingerprint density at radius 1 is 1.35 bits per heavy atom. The fraction of sp³-hybridized carbons (Fsp3) is 0.375. The van der Waals surface area contributed by atoms with Gasteiger partial charge in [-0.05, 0) is 25.0 Å². The van der Waals surface area contributed by atoms with Gasteiger partial charge in [0.1, 0.15) is 12.1 Å². The number of carbonyl (C=O) groups is 1. The first-order chi connectivity index (χ1) is 11.3. The van der Waals surface area contributed by atoms with Crippen LogP contribution in [0.25, 0.3) is 11.1 Å². The first-order valence-electron chi connectivity index (χ1n) is 7.77. The van der Waals surface area contributed by atoms with Gasteiger partial charge in [-0.2, -0.15) is 0 Å². The number of hydrogen-bond donors (Lipinski definition) is 0. The maximum atomic E-state index is 12.4. The van der Waals surface area contributed by atoms with E-state index in [1.54, 1.807) is 17.1 Å². The van der Waals surface area contributed by atoms with Gasteiger partial charge in [0.15, 0.2) is 11.5 Å². The minimum atomic E-state index is 0.0521. The summed E-state index contributed by atoms with van der Waals surface area (Å²) >= 11 is 0. The number of fused-ring (bicyclic) bond motifs is 1. The highest BCUT2D eigenvalue weighted by molar-refractivity contribution is 5.76. The van der Waals surface area contributed by atoms with E-state index in [1.807, 2.05) is 29.2 Å². The van der Waals surface area contributed by atoms with Crippen molar-refractivity contribution < 1.29 is 9.21 Å². The molecule has 0 bridgehead atoms. The molecule has 1 fully saturated rings. The standard InChI is InChI=1S/C16H17N5O2/c22-15(11-21-9-7-17-19-21)20-8-3-4-12(10-20)16-18-13-5-1-2-6-14(13)23-16/h1-2,5-7,9,12H,3-4,8,10-11H2. The van der Waals surface area contributed by atoms with Gasteiger partial charge < -0.3 is 9.32 Å². The van der Waals surface area contributed by atoms with E-state index in [-0.39, 0.29) is 18.4 Å². The maximum Gasteiger partial charge on any atom is 0.244 e. The quantitative estimate of drug-likeness (QED) is 0.737. The predicted molar refractivity (Wildman–Crippen MR) is 82.6 cm³/mol. The molecule has 1 atom stereocenters. The molecule has 7 nitrogen and oxygen atoms in total. The van der Waals surface area contributed by atoms with Gasteiger partial charge in [-0.15, -0.1) is 5.10 Å². The van der Waals surface area contributed by atoms with Gasteiger partial charge in [-0.3, -0.25) is 4.79 Å². The normalized spacial score (nSPS) is 18.4. The lowest BCUT2D eigenvalue weighted by atomic mass is 9.98. The summed E-state index contributed by atoms with van der Waals surface area (Å²) < 4.78 is 7.41. The lowest BCUT2D eigenvalue weighted by Gasteiger charge is -2.31.